The van der Waals surface area contributed by atoms with Crippen LogP contribution in [0.3, 0.4) is 0 Å². The maximum absolute atomic E-state index is 6.33. The summed E-state index contributed by atoms with van der Waals surface area (Å²) in [6, 6.07) is 35.0. The molecule has 0 aliphatic carbocycles. The van der Waals surface area contributed by atoms with Crippen molar-refractivity contribution in [3.05, 3.63) is 108 Å². The number of para-hydroxylation sites is 1. The first-order valence-corrected chi connectivity index (χ1v) is 9.61. The monoisotopic (exact) mass is 380 g/mol. The number of benzene rings is 4. The van der Waals surface area contributed by atoms with E-state index in [0.29, 0.717) is 0 Å². The van der Waals surface area contributed by atoms with Gasteiger partial charge in [-0.15, -0.1) is 0 Å². The van der Waals surface area contributed by atoms with Crippen molar-refractivity contribution >= 4 is 22.6 Å². The molecule has 0 N–H and O–H groups in total. The van der Waals surface area contributed by atoms with Crippen molar-refractivity contribution in [3.63, 3.8) is 0 Å². The van der Waals surface area contributed by atoms with Crippen molar-refractivity contribution in [2.75, 3.05) is 0 Å². The average Bonchev–Trinajstić information content (AvgIpc) is 3.15. The van der Waals surface area contributed by atoms with Crippen LogP contribution in [0.4, 0.5) is 0 Å². The van der Waals surface area contributed by atoms with Gasteiger partial charge in [-0.3, -0.25) is 0 Å². The van der Waals surface area contributed by atoms with Gasteiger partial charge in [-0.1, -0.05) is 90.5 Å². The Bertz CT molecular complexity index is 1250. The number of rotatable bonds is 3. The van der Waals surface area contributed by atoms with Crippen molar-refractivity contribution in [2.45, 2.75) is 0 Å². The van der Waals surface area contributed by atoms with Crippen molar-refractivity contribution in [3.8, 4) is 33.6 Å². The van der Waals surface area contributed by atoms with Gasteiger partial charge in [0.15, 0.2) is 0 Å². The van der Waals surface area contributed by atoms with Crippen LogP contribution in [0.25, 0.3) is 44.5 Å². The summed E-state index contributed by atoms with van der Waals surface area (Å²) in [4.78, 5) is 0. The third kappa shape index (κ3) is 3.00. The first-order chi connectivity index (χ1) is 13.8. The van der Waals surface area contributed by atoms with Gasteiger partial charge in [0.1, 0.15) is 11.3 Å². The summed E-state index contributed by atoms with van der Waals surface area (Å²) >= 11 is 6.05. The molecule has 5 rings (SSSR count). The summed E-state index contributed by atoms with van der Waals surface area (Å²) < 4.78 is 6.33. The van der Waals surface area contributed by atoms with Gasteiger partial charge in [0.05, 0.1) is 0 Å². The van der Waals surface area contributed by atoms with E-state index in [0.717, 1.165) is 49.6 Å². The lowest BCUT2D eigenvalue weighted by molar-refractivity contribution is 0.632. The molecule has 28 heavy (non-hydrogen) atoms. The highest BCUT2D eigenvalue weighted by Gasteiger charge is 2.17. The lowest BCUT2D eigenvalue weighted by Gasteiger charge is -2.07. The van der Waals surface area contributed by atoms with E-state index in [4.69, 9.17) is 16.0 Å². The van der Waals surface area contributed by atoms with Crippen molar-refractivity contribution in [1.82, 2.24) is 0 Å². The van der Waals surface area contributed by atoms with E-state index in [-0.39, 0.29) is 0 Å². The second kappa shape index (κ2) is 7.03. The molecule has 134 valence electrons. The van der Waals surface area contributed by atoms with E-state index in [9.17, 15) is 0 Å². The Balaban J connectivity index is 1.72. The van der Waals surface area contributed by atoms with E-state index in [1.165, 1.54) is 0 Å². The van der Waals surface area contributed by atoms with Crippen LogP contribution >= 0.6 is 11.6 Å². The van der Waals surface area contributed by atoms with Crippen molar-refractivity contribution < 1.29 is 4.42 Å². The molecule has 0 spiro atoms. The molecule has 0 amide bonds. The Morgan fingerprint density at radius 1 is 0.536 bits per heavy atom. The van der Waals surface area contributed by atoms with Gasteiger partial charge < -0.3 is 4.42 Å². The number of hydrogen-bond acceptors (Lipinski definition) is 1. The second-order valence-corrected chi connectivity index (χ2v) is 7.19. The minimum absolute atomic E-state index is 0.739. The fraction of sp³-hybridized carbons (Fsp3) is 0. The zero-order valence-corrected chi connectivity index (χ0v) is 15.9. The Kier molecular flexibility index (Phi) is 4.23. The van der Waals surface area contributed by atoms with E-state index in [1.807, 2.05) is 42.5 Å². The molecule has 0 bridgehead atoms. The summed E-state index contributed by atoms with van der Waals surface area (Å²) in [5, 5.41) is 1.86. The molecule has 2 heteroatoms. The van der Waals surface area contributed by atoms with Gasteiger partial charge in [0, 0.05) is 21.5 Å². The predicted octanol–water partition coefficient (Wildman–Crippen LogP) is 8.09. The molecule has 0 aliphatic rings. The van der Waals surface area contributed by atoms with Crippen LogP contribution in [0, 0.1) is 0 Å². The summed E-state index contributed by atoms with van der Waals surface area (Å²) in [6.45, 7) is 0. The van der Waals surface area contributed by atoms with E-state index in [1.54, 1.807) is 0 Å². The molecule has 1 aromatic heterocycles. The highest BCUT2D eigenvalue weighted by molar-refractivity contribution is 6.30. The molecular formula is C26H17ClO. The van der Waals surface area contributed by atoms with Crippen LogP contribution in [0.1, 0.15) is 0 Å². The SMILES string of the molecule is Clc1ccc(-c2cccc(-c3oc4ccccc4c3-c3ccccc3)c2)cc1. The van der Waals surface area contributed by atoms with Crippen LogP contribution in [0.2, 0.25) is 5.02 Å². The van der Waals surface area contributed by atoms with E-state index >= 15 is 0 Å². The Morgan fingerprint density at radius 3 is 2.04 bits per heavy atom. The lowest BCUT2D eigenvalue weighted by Crippen LogP contribution is -1.83. The molecule has 0 unspecified atom stereocenters. The zero-order valence-electron chi connectivity index (χ0n) is 15.1. The van der Waals surface area contributed by atoms with Crippen LogP contribution in [-0.2, 0) is 0 Å². The van der Waals surface area contributed by atoms with Crippen molar-refractivity contribution in [1.29, 1.82) is 0 Å². The fourth-order valence-electron chi connectivity index (χ4n) is 3.62. The second-order valence-electron chi connectivity index (χ2n) is 6.76. The molecule has 4 aromatic carbocycles. The number of furan rings is 1. The quantitative estimate of drug-likeness (QED) is 0.308. The first-order valence-electron chi connectivity index (χ1n) is 9.23. The molecule has 5 aromatic rings. The first kappa shape index (κ1) is 16.9. The molecule has 0 aliphatic heterocycles. The third-order valence-corrected chi connectivity index (χ3v) is 5.21. The summed E-state index contributed by atoms with van der Waals surface area (Å²) in [7, 11) is 0. The molecule has 0 fully saturated rings. The molecule has 0 radical (unpaired) electrons. The van der Waals surface area contributed by atoms with E-state index in [2.05, 4.69) is 60.7 Å². The highest BCUT2D eigenvalue weighted by atomic mass is 35.5. The van der Waals surface area contributed by atoms with Gasteiger partial charge in [-0.05, 0) is 41.0 Å². The van der Waals surface area contributed by atoms with Gasteiger partial charge >= 0.3 is 0 Å². The van der Waals surface area contributed by atoms with Gasteiger partial charge in [0.25, 0.3) is 0 Å². The van der Waals surface area contributed by atoms with Gasteiger partial charge in [-0.25, -0.2) is 0 Å². The molecule has 0 saturated carbocycles. The average molecular weight is 381 g/mol. The number of hydrogen-bond donors (Lipinski definition) is 0. The van der Waals surface area contributed by atoms with Crippen LogP contribution < -0.4 is 0 Å². The molecule has 0 atom stereocenters. The maximum atomic E-state index is 6.33. The molecule has 0 saturated heterocycles. The molecular weight excluding hydrogens is 364 g/mol. The predicted molar refractivity (Wildman–Crippen MR) is 118 cm³/mol. The van der Waals surface area contributed by atoms with Crippen LogP contribution in [-0.4, -0.2) is 0 Å². The standard InChI is InChI=1S/C26H17ClO/c27-22-15-13-18(14-16-22)20-9-6-10-21(17-20)26-25(19-7-2-1-3-8-19)23-11-4-5-12-24(23)28-26/h1-17H. The largest absolute Gasteiger partial charge is 0.455 e. The fourth-order valence-corrected chi connectivity index (χ4v) is 3.75. The lowest BCUT2D eigenvalue weighted by atomic mass is 9.96. The normalized spacial score (nSPS) is 11.0. The Labute approximate surface area is 168 Å². The number of halogens is 1. The summed E-state index contributed by atoms with van der Waals surface area (Å²) in [5.41, 5.74) is 6.50. The molecule has 1 nitrogen and oxygen atoms in total. The Morgan fingerprint density at radius 2 is 1.21 bits per heavy atom. The summed E-state index contributed by atoms with van der Waals surface area (Å²) in [6.07, 6.45) is 0. The van der Waals surface area contributed by atoms with Gasteiger partial charge in [-0.2, -0.15) is 0 Å². The number of fused-ring (bicyclic) bond motifs is 1. The highest BCUT2D eigenvalue weighted by Crippen LogP contribution is 2.41. The smallest absolute Gasteiger partial charge is 0.143 e. The third-order valence-electron chi connectivity index (χ3n) is 4.96. The van der Waals surface area contributed by atoms with Crippen LogP contribution in [0.15, 0.2) is 108 Å². The summed E-state index contributed by atoms with van der Waals surface area (Å²) in [5.74, 6) is 0.892. The van der Waals surface area contributed by atoms with Crippen molar-refractivity contribution in [2.24, 2.45) is 0 Å². The topological polar surface area (TPSA) is 13.1 Å². The Hall–Kier alpha value is -3.29. The molecule has 1 heterocycles. The minimum atomic E-state index is 0.739. The minimum Gasteiger partial charge on any atom is -0.455 e. The van der Waals surface area contributed by atoms with E-state index < -0.39 is 0 Å². The van der Waals surface area contributed by atoms with Crippen LogP contribution in [0.5, 0.6) is 0 Å². The van der Waals surface area contributed by atoms with Gasteiger partial charge in [0.2, 0.25) is 0 Å². The zero-order chi connectivity index (χ0) is 18.9. The maximum Gasteiger partial charge on any atom is 0.143 e.